The highest BCUT2D eigenvalue weighted by Crippen LogP contribution is 2.20. The van der Waals surface area contributed by atoms with Gasteiger partial charge in [0, 0.05) is 13.5 Å². The number of esters is 1. The normalized spacial score (nSPS) is 17.6. The Kier molecular flexibility index (Phi) is 21.8. The van der Waals surface area contributed by atoms with Crippen LogP contribution in [0.4, 0.5) is 0 Å². The van der Waals surface area contributed by atoms with Gasteiger partial charge in [-0.25, -0.2) is 4.79 Å². The minimum atomic E-state index is -1.53. The molecule has 1 fully saturated rings. The van der Waals surface area contributed by atoms with E-state index in [-0.39, 0.29) is 43.6 Å². The Morgan fingerprint density at radius 3 is 1.84 bits per heavy atom. The van der Waals surface area contributed by atoms with Gasteiger partial charge in [-0.05, 0) is 62.0 Å². The predicted octanol–water partition coefficient (Wildman–Crippen LogP) is -1.23. The third kappa shape index (κ3) is 17.8. The molecule has 1 heterocycles. The molecule has 0 aliphatic carbocycles. The molecule has 0 bridgehead atoms. The first kappa shape index (κ1) is 52.0. The zero-order valence-electron chi connectivity index (χ0n) is 36.7. The third-order valence-electron chi connectivity index (χ3n) is 10.2. The van der Waals surface area contributed by atoms with Crippen molar-refractivity contribution in [2.75, 3.05) is 26.8 Å². The molecule has 342 valence electrons. The zero-order chi connectivity index (χ0) is 46.0. The van der Waals surface area contributed by atoms with Gasteiger partial charge in [0.25, 0.3) is 0 Å². The number of ether oxygens (including phenoxy) is 1. The molecule has 10 N–H and O–H groups in total. The van der Waals surface area contributed by atoms with E-state index < -0.39 is 109 Å². The van der Waals surface area contributed by atoms with E-state index >= 15 is 0 Å². The monoisotopic (exact) mass is 861 g/mol. The van der Waals surface area contributed by atoms with Crippen LogP contribution in [0.1, 0.15) is 86.1 Å². The molecule has 1 aromatic carbocycles. The standard InChI is InChI=1S/C42H68N8O11/c1-23(2)17-29(46-40(58)32(22-51)44-26(7)52)37(55)47-31(20-35(43)54)38(56)45-28(19-27-13-10-9-11-14-27)34(53)21-50-16-12-15-33(50)41(59)48-30(18-24(3)4)39(57)49-36(25(5)6)42(60)61-8/h9-11,13-14,23-25,28-34,36,51,53H,12,15-22H2,1-8H3,(H2,43,54)(H,44,52)(H,45,56)(H,46,58)(H,47,55)(H,48,59)(H,49,57)/t28-,29-,30-,31-,32-,33-,34+,36-/m0/s1. The molecule has 19 nitrogen and oxygen atoms in total. The first-order valence-electron chi connectivity index (χ1n) is 20.9. The molecule has 1 saturated heterocycles. The number of β-amino-alcohol motifs (C(OH)–C–C–N with tert-alkyl or cyclic N) is 1. The van der Waals surface area contributed by atoms with Crippen molar-refractivity contribution in [3.8, 4) is 0 Å². The molecule has 61 heavy (non-hydrogen) atoms. The Hall–Kier alpha value is -5.14. The van der Waals surface area contributed by atoms with Crippen LogP contribution in [0.2, 0.25) is 0 Å². The molecule has 1 aliphatic rings. The van der Waals surface area contributed by atoms with E-state index in [0.29, 0.717) is 19.4 Å². The van der Waals surface area contributed by atoms with Crippen molar-refractivity contribution in [2.24, 2.45) is 23.5 Å². The third-order valence-corrected chi connectivity index (χ3v) is 10.2. The summed E-state index contributed by atoms with van der Waals surface area (Å²) in [5, 5.41) is 37.1. The number of primary amides is 1. The van der Waals surface area contributed by atoms with Crippen molar-refractivity contribution >= 4 is 47.3 Å². The van der Waals surface area contributed by atoms with Crippen LogP contribution in [0.25, 0.3) is 0 Å². The van der Waals surface area contributed by atoms with Gasteiger partial charge >= 0.3 is 5.97 Å². The van der Waals surface area contributed by atoms with Crippen molar-refractivity contribution in [1.29, 1.82) is 0 Å². The highest BCUT2D eigenvalue weighted by atomic mass is 16.5. The second-order valence-electron chi connectivity index (χ2n) is 16.8. The summed E-state index contributed by atoms with van der Waals surface area (Å²) in [7, 11) is 1.23. The maximum atomic E-state index is 14.0. The summed E-state index contributed by atoms with van der Waals surface area (Å²) < 4.78 is 4.86. The molecule has 7 amide bonds. The lowest BCUT2D eigenvalue weighted by Crippen LogP contribution is -2.60. The van der Waals surface area contributed by atoms with Crippen molar-refractivity contribution in [1.82, 2.24) is 36.8 Å². The van der Waals surface area contributed by atoms with Gasteiger partial charge in [-0.2, -0.15) is 0 Å². The SMILES string of the molecule is COC(=O)[C@@H](NC(=O)[C@H](CC(C)C)NC(=O)[C@@H]1CCCN1C[C@@H](O)[C@H](Cc1ccccc1)NC(=O)[C@H](CC(N)=O)NC(=O)[C@H](CC(C)C)NC(=O)[C@H](CO)NC(C)=O)C(C)C. The molecule has 1 aliphatic heterocycles. The summed E-state index contributed by atoms with van der Waals surface area (Å²) in [6.07, 6.45) is -0.401. The van der Waals surface area contributed by atoms with E-state index in [2.05, 4.69) is 31.9 Å². The molecule has 2 rings (SSSR count). The number of carbonyl (C=O) groups is 8. The van der Waals surface area contributed by atoms with Gasteiger partial charge < -0.3 is 52.6 Å². The molecular formula is C42H68N8O11. The Labute approximate surface area is 358 Å². The maximum Gasteiger partial charge on any atom is 0.328 e. The van der Waals surface area contributed by atoms with Gasteiger partial charge in [0.1, 0.15) is 30.2 Å². The number of benzene rings is 1. The topological polar surface area (TPSA) is 288 Å². The van der Waals surface area contributed by atoms with Gasteiger partial charge in [0.2, 0.25) is 41.4 Å². The number of hydrogen-bond acceptors (Lipinski definition) is 12. The number of carbonyl (C=O) groups excluding carboxylic acids is 8. The van der Waals surface area contributed by atoms with E-state index in [9.17, 15) is 48.6 Å². The Morgan fingerprint density at radius 1 is 0.770 bits per heavy atom. The fraction of sp³-hybridized carbons (Fsp3) is 0.667. The smallest absolute Gasteiger partial charge is 0.328 e. The van der Waals surface area contributed by atoms with Crippen LogP contribution in [-0.4, -0.2) is 138 Å². The number of nitrogens with zero attached hydrogens (tertiary/aromatic N) is 1. The molecule has 8 atom stereocenters. The molecule has 0 spiro atoms. The molecule has 0 unspecified atom stereocenters. The number of aliphatic hydroxyl groups excluding tert-OH is 2. The van der Waals surface area contributed by atoms with Crippen molar-refractivity contribution in [3.63, 3.8) is 0 Å². The zero-order valence-corrected chi connectivity index (χ0v) is 36.7. The van der Waals surface area contributed by atoms with Crippen LogP contribution in [0, 0.1) is 17.8 Å². The Bertz CT molecular complexity index is 1640. The minimum Gasteiger partial charge on any atom is -0.467 e. The van der Waals surface area contributed by atoms with Crippen LogP contribution in [0.3, 0.4) is 0 Å². The average Bonchev–Trinajstić information content (AvgIpc) is 3.65. The van der Waals surface area contributed by atoms with Gasteiger partial charge in [-0.15, -0.1) is 0 Å². The fourth-order valence-corrected chi connectivity index (χ4v) is 7.09. The van der Waals surface area contributed by atoms with Crippen LogP contribution in [0.15, 0.2) is 30.3 Å². The lowest BCUT2D eigenvalue weighted by Gasteiger charge is -2.32. The van der Waals surface area contributed by atoms with Crippen LogP contribution >= 0.6 is 0 Å². The maximum absolute atomic E-state index is 14.0. The number of nitrogens with two attached hydrogens (primary N) is 1. The van der Waals surface area contributed by atoms with Gasteiger partial charge in [-0.3, -0.25) is 38.5 Å². The number of hydrogen-bond donors (Lipinski definition) is 9. The van der Waals surface area contributed by atoms with E-state index in [1.807, 2.05) is 13.8 Å². The quantitative estimate of drug-likeness (QED) is 0.0523. The van der Waals surface area contributed by atoms with Gasteiger partial charge in [-0.1, -0.05) is 71.9 Å². The Morgan fingerprint density at radius 2 is 1.31 bits per heavy atom. The van der Waals surface area contributed by atoms with Gasteiger partial charge in [0.05, 0.1) is 38.3 Å². The molecule has 1 aromatic rings. The molecule has 0 saturated carbocycles. The number of aliphatic hydroxyl groups is 2. The van der Waals surface area contributed by atoms with E-state index in [0.717, 1.165) is 12.5 Å². The van der Waals surface area contributed by atoms with Crippen LogP contribution in [0.5, 0.6) is 0 Å². The van der Waals surface area contributed by atoms with E-state index in [1.165, 1.54) is 7.11 Å². The first-order valence-corrected chi connectivity index (χ1v) is 20.9. The average molecular weight is 861 g/mol. The molecule has 19 heteroatoms. The highest BCUT2D eigenvalue weighted by molar-refractivity contribution is 5.96. The van der Waals surface area contributed by atoms with Crippen molar-refractivity contribution in [2.45, 2.75) is 135 Å². The van der Waals surface area contributed by atoms with E-state index in [4.69, 9.17) is 10.5 Å². The van der Waals surface area contributed by atoms with Crippen LogP contribution < -0.4 is 37.6 Å². The number of likely N-dealkylation sites (tertiary alicyclic amines) is 1. The molecule has 0 radical (unpaired) electrons. The Balaban J connectivity index is 2.33. The number of nitrogens with one attached hydrogen (secondary N) is 6. The minimum absolute atomic E-state index is 0.00668. The summed E-state index contributed by atoms with van der Waals surface area (Å²) in [4.78, 5) is 106. The molecular weight excluding hydrogens is 793 g/mol. The number of rotatable bonds is 25. The van der Waals surface area contributed by atoms with Gasteiger partial charge in [0.15, 0.2) is 0 Å². The first-order chi connectivity index (χ1) is 28.7. The molecule has 0 aromatic heterocycles. The van der Waals surface area contributed by atoms with Crippen molar-refractivity contribution in [3.05, 3.63) is 35.9 Å². The van der Waals surface area contributed by atoms with Crippen molar-refractivity contribution < 1.29 is 53.3 Å². The summed E-state index contributed by atoms with van der Waals surface area (Å²) >= 11 is 0. The fourth-order valence-electron chi connectivity index (χ4n) is 7.09. The summed E-state index contributed by atoms with van der Waals surface area (Å²) in [5.74, 6) is -6.01. The summed E-state index contributed by atoms with van der Waals surface area (Å²) in [6.45, 7) is 11.7. The second kappa shape index (κ2) is 25.6. The largest absolute Gasteiger partial charge is 0.467 e. The number of amides is 7. The highest BCUT2D eigenvalue weighted by Gasteiger charge is 2.38. The van der Waals surface area contributed by atoms with E-state index in [1.54, 1.807) is 62.9 Å². The predicted molar refractivity (Wildman–Crippen MR) is 225 cm³/mol. The lowest BCUT2D eigenvalue weighted by atomic mass is 9.99. The number of methoxy groups -OCH3 is 1. The summed E-state index contributed by atoms with van der Waals surface area (Å²) in [6, 6.07) is 1.22. The lowest BCUT2D eigenvalue weighted by molar-refractivity contribution is -0.146. The second-order valence-corrected chi connectivity index (χ2v) is 16.8. The summed E-state index contributed by atoms with van der Waals surface area (Å²) in [5.41, 5.74) is 6.24. The van der Waals surface area contributed by atoms with Crippen LogP contribution in [-0.2, 0) is 49.5 Å².